The van der Waals surface area contributed by atoms with Gasteiger partial charge in [0.1, 0.15) is 6.10 Å². The molecule has 1 fully saturated rings. The van der Waals surface area contributed by atoms with E-state index in [1.807, 2.05) is 0 Å². The van der Waals surface area contributed by atoms with E-state index in [-0.39, 0.29) is 5.41 Å². The van der Waals surface area contributed by atoms with Crippen molar-refractivity contribution in [1.29, 1.82) is 0 Å². The SMILES string of the molecule is CC1CC(CN)([C@@H](O)c2cnccn2)C1. The summed E-state index contributed by atoms with van der Waals surface area (Å²) in [5.41, 5.74) is 6.22. The van der Waals surface area contributed by atoms with E-state index in [2.05, 4.69) is 16.9 Å². The highest BCUT2D eigenvalue weighted by atomic mass is 16.3. The largest absolute Gasteiger partial charge is 0.386 e. The van der Waals surface area contributed by atoms with Crippen LogP contribution in [0.4, 0.5) is 0 Å². The summed E-state index contributed by atoms with van der Waals surface area (Å²) in [7, 11) is 0. The summed E-state index contributed by atoms with van der Waals surface area (Å²) in [6, 6.07) is 0. The van der Waals surface area contributed by atoms with Crippen molar-refractivity contribution < 1.29 is 5.11 Å². The average Bonchev–Trinajstić information content (AvgIpc) is 2.25. The van der Waals surface area contributed by atoms with Gasteiger partial charge in [-0.2, -0.15) is 0 Å². The molecule has 0 amide bonds. The normalized spacial score (nSPS) is 32.1. The maximum absolute atomic E-state index is 10.2. The van der Waals surface area contributed by atoms with Gasteiger partial charge in [0.05, 0.1) is 11.9 Å². The van der Waals surface area contributed by atoms with Gasteiger partial charge in [-0.05, 0) is 18.8 Å². The summed E-state index contributed by atoms with van der Waals surface area (Å²) in [6.45, 7) is 2.69. The summed E-state index contributed by atoms with van der Waals surface area (Å²) in [5.74, 6) is 0.653. The molecule has 0 bridgehead atoms. The lowest BCUT2D eigenvalue weighted by Gasteiger charge is -2.48. The van der Waals surface area contributed by atoms with Crippen molar-refractivity contribution >= 4 is 0 Å². The molecule has 15 heavy (non-hydrogen) atoms. The molecule has 1 heterocycles. The molecule has 4 heteroatoms. The van der Waals surface area contributed by atoms with Crippen LogP contribution in [0.15, 0.2) is 18.6 Å². The van der Waals surface area contributed by atoms with Crippen LogP contribution in [0.25, 0.3) is 0 Å². The van der Waals surface area contributed by atoms with Crippen molar-refractivity contribution in [2.24, 2.45) is 17.1 Å². The Bertz CT molecular complexity index is 322. The first kappa shape index (κ1) is 10.5. The number of aliphatic hydroxyl groups excluding tert-OH is 1. The summed E-state index contributed by atoms with van der Waals surface area (Å²) in [4.78, 5) is 8.10. The van der Waals surface area contributed by atoms with Crippen LogP contribution >= 0.6 is 0 Å². The van der Waals surface area contributed by atoms with Gasteiger partial charge in [-0.15, -0.1) is 0 Å². The van der Waals surface area contributed by atoms with Crippen LogP contribution in [0.1, 0.15) is 31.6 Å². The van der Waals surface area contributed by atoms with Gasteiger partial charge in [0, 0.05) is 24.4 Å². The zero-order chi connectivity index (χ0) is 10.9. The predicted octanol–water partition coefficient (Wildman–Crippen LogP) is 0.885. The van der Waals surface area contributed by atoms with Crippen LogP contribution in [-0.2, 0) is 0 Å². The van der Waals surface area contributed by atoms with E-state index >= 15 is 0 Å². The second-order valence-corrected chi connectivity index (χ2v) is 4.61. The molecule has 2 rings (SSSR count). The molecule has 3 N–H and O–H groups in total. The highest BCUT2D eigenvalue weighted by molar-refractivity contribution is 5.09. The van der Waals surface area contributed by atoms with Crippen LogP contribution in [0.3, 0.4) is 0 Å². The Labute approximate surface area is 89.6 Å². The number of nitrogens with two attached hydrogens (primary N) is 1. The molecular weight excluding hydrogens is 190 g/mol. The number of hydrogen-bond acceptors (Lipinski definition) is 4. The molecule has 82 valence electrons. The van der Waals surface area contributed by atoms with Gasteiger partial charge in [0.2, 0.25) is 0 Å². The maximum Gasteiger partial charge on any atom is 0.104 e. The molecule has 1 aromatic heterocycles. The molecular formula is C11H17N3O. The molecule has 4 nitrogen and oxygen atoms in total. The molecule has 0 aliphatic heterocycles. The van der Waals surface area contributed by atoms with Gasteiger partial charge in [-0.3, -0.25) is 9.97 Å². The van der Waals surface area contributed by atoms with Crippen molar-refractivity contribution in [2.45, 2.75) is 25.9 Å². The lowest BCUT2D eigenvalue weighted by atomic mass is 9.59. The standard InChI is InChI=1S/C11H17N3O/c1-8-4-11(5-8,7-12)10(15)9-6-13-2-3-14-9/h2-3,6,8,10,15H,4-5,7,12H2,1H3/t8?,10-,11?/m0/s1. The summed E-state index contributed by atoms with van der Waals surface area (Å²) in [5, 5.41) is 10.2. The number of rotatable bonds is 3. The summed E-state index contributed by atoms with van der Waals surface area (Å²) >= 11 is 0. The molecule has 0 saturated heterocycles. The monoisotopic (exact) mass is 207 g/mol. The molecule has 0 radical (unpaired) electrons. The fourth-order valence-electron chi connectivity index (χ4n) is 2.60. The first-order chi connectivity index (χ1) is 7.18. The van der Waals surface area contributed by atoms with Crippen LogP contribution < -0.4 is 5.73 Å². The Morgan fingerprint density at radius 2 is 2.33 bits per heavy atom. The van der Waals surface area contributed by atoms with Gasteiger partial charge in [0.25, 0.3) is 0 Å². The number of hydrogen-bond donors (Lipinski definition) is 2. The number of nitrogens with zero attached hydrogens (tertiary/aromatic N) is 2. The van der Waals surface area contributed by atoms with Crippen LogP contribution in [0.5, 0.6) is 0 Å². The van der Waals surface area contributed by atoms with Crippen molar-refractivity contribution in [2.75, 3.05) is 6.54 Å². The third kappa shape index (κ3) is 1.75. The number of aromatic nitrogens is 2. The Hall–Kier alpha value is -1.00. The van der Waals surface area contributed by atoms with E-state index in [4.69, 9.17) is 5.73 Å². The van der Waals surface area contributed by atoms with E-state index in [0.29, 0.717) is 18.2 Å². The van der Waals surface area contributed by atoms with E-state index < -0.39 is 6.10 Å². The van der Waals surface area contributed by atoms with Crippen molar-refractivity contribution in [3.63, 3.8) is 0 Å². The Balaban J connectivity index is 2.17. The summed E-state index contributed by atoms with van der Waals surface area (Å²) < 4.78 is 0. The van der Waals surface area contributed by atoms with Crippen molar-refractivity contribution in [3.8, 4) is 0 Å². The minimum absolute atomic E-state index is 0.171. The molecule has 1 aromatic rings. The van der Waals surface area contributed by atoms with Crippen LogP contribution in [0, 0.1) is 11.3 Å². The zero-order valence-corrected chi connectivity index (χ0v) is 8.93. The van der Waals surface area contributed by atoms with Gasteiger partial charge < -0.3 is 10.8 Å². The quantitative estimate of drug-likeness (QED) is 0.772. The van der Waals surface area contributed by atoms with Gasteiger partial charge in [0.15, 0.2) is 0 Å². The molecule has 1 saturated carbocycles. The van der Waals surface area contributed by atoms with Crippen molar-refractivity contribution in [1.82, 2.24) is 9.97 Å². The molecule has 0 aromatic carbocycles. The molecule has 1 aliphatic carbocycles. The Kier molecular flexibility index (Phi) is 2.71. The van der Waals surface area contributed by atoms with Gasteiger partial charge in [-0.25, -0.2) is 0 Å². The number of aliphatic hydroxyl groups is 1. The minimum Gasteiger partial charge on any atom is -0.386 e. The van der Waals surface area contributed by atoms with Gasteiger partial charge in [-0.1, -0.05) is 6.92 Å². The molecule has 1 aliphatic rings. The lowest BCUT2D eigenvalue weighted by Crippen LogP contribution is -2.47. The van der Waals surface area contributed by atoms with Gasteiger partial charge >= 0.3 is 0 Å². The summed E-state index contributed by atoms with van der Waals surface area (Å²) in [6.07, 6.45) is 6.19. The van der Waals surface area contributed by atoms with Crippen LogP contribution in [-0.4, -0.2) is 21.6 Å². The highest BCUT2D eigenvalue weighted by Crippen LogP contribution is 2.52. The Morgan fingerprint density at radius 3 is 2.80 bits per heavy atom. The van der Waals surface area contributed by atoms with Crippen molar-refractivity contribution in [3.05, 3.63) is 24.3 Å². The minimum atomic E-state index is -0.576. The predicted molar refractivity (Wildman–Crippen MR) is 56.9 cm³/mol. The highest BCUT2D eigenvalue weighted by Gasteiger charge is 2.47. The molecule has 0 unspecified atom stereocenters. The fraction of sp³-hybridized carbons (Fsp3) is 0.636. The molecule has 1 atom stereocenters. The first-order valence-electron chi connectivity index (χ1n) is 5.32. The van der Waals surface area contributed by atoms with E-state index in [1.54, 1.807) is 18.6 Å². The molecule has 0 spiro atoms. The van der Waals surface area contributed by atoms with Crippen LogP contribution in [0.2, 0.25) is 0 Å². The van der Waals surface area contributed by atoms with E-state index in [1.165, 1.54) is 0 Å². The lowest BCUT2D eigenvalue weighted by molar-refractivity contribution is -0.0625. The third-order valence-corrected chi connectivity index (χ3v) is 3.36. The topological polar surface area (TPSA) is 72.0 Å². The van der Waals surface area contributed by atoms with E-state index in [9.17, 15) is 5.11 Å². The smallest absolute Gasteiger partial charge is 0.104 e. The Morgan fingerprint density at radius 1 is 1.60 bits per heavy atom. The zero-order valence-electron chi connectivity index (χ0n) is 8.93. The second-order valence-electron chi connectivity index (χ2n) is 4.61. The first-order valence-corrected chi connectivity index (χ1v) is 5.32. The average molecular weight is 207 g/mol. The maximum atomic E-state index is 10.2. The second kappa shape index (κ2) is 3.87. The third-order valence-electron chi connectivity index (χ3n) is 3.36. The van der Waals surface area contributed by atoms with E-state index in [0.717, 1.165) is 12.8 Å². The fourth-order valence-corrected chi connectivity index (χ4v) is 2.60.